The number of hydrogen-bond acceptors (Lipinski definition) is 3. The molecule has 0 radical (unpaired) electrons. The third-order valence-electron chi connectivity index (χ3n) is 3.06. The maximum absolute atomic E-state index is 12.4. The molecule has 2 aromatic rings. The summed E-state index contributed by atoms with van der Waals surface area (Å²) < 4.78 is 34.3. The summed E-state index contributed by atoms with van der Waals surface area (Å²) in [4.78, 5) is 0. The highest BCUT2D eigenvalue weighted by molar-refractivity contribution is 5.37. The van der Waals surface area contributed by atoms with E-state index in [0.29, 0.717) is 11.3 Å². The van der Waals surface area contributed by atoms with Crippen LogP contribution in [-0.4, -0.2) is 18.8 Å². The molecule has 2 rings (SSSR count). The van der Waals surface area contributed by atoms with E-state index in [9.17, 15) is 13.9 Å². The molecule has 0 aliphatic rings. The lowest BCUT2D eigenvalue weighted by molar-refractivity contribution is -0.0515. The molecule has 1 atom stereocenters. The Morgan fingerprint density at radius 3 is 2.57 bits per heavy atom. The van der Waals surface area contributed by atoms with Gasteiger partial charge in [-0.15, -0.1) is 0 Å². The van der Waals surface area contributed by atoms with E-state index >= 15 is 0 Å². The highest BCUT2D eigenvalue weighted by Gasteiger charge is 2.16. The maximum atomic E-state index is 12.4. The van der Waals surface area contributed by atoms with E-state index in [2.05, 4.69) is 4.74 Å². The molecule has 0 spiro atoms. The summed E-state index contributed by atoms with van der Waals surface area (Å²) in [7, 11) is 1.56. The zero-order chi connectivity index (χ0) is 15.2. The Balaban J connectivity index is 2.17. The summed E-state index contributed by atoms with van der Waals surface area (Å²) in [5.41, 5.74) is 1.18. The lowest BCUT2D eigenvalue weighted by atomic mass is 10.0. The third-order valence-corrected chi connectivity index (χ3v) is 3.06. The van der Waals surface area contributed by atoms with Gasteiger partial charge in [0.05, 0.1) is 13.2 Å². The maximum Gasteiger partial charge on any atom is 0.387 e. The summed E-state index contributed by atoms with van der Waals surface area (Å²) in [5, 5.41) is 10.3. The van der Waals surface area contributed by atoms with Crippen molar-refractivity contribution in [2.24, 2.45) is 0 Å². The van der Waals surface area contributed by atoms with E-state index in [1.807, 2.05) is 12.1 Å². The summed E-state index contributed by atoms with van der Waals surface area (Å²) in [6.45, 7) is -2.92. The van der Waals surface area contributed by atoms with Crippen LogP contribution >= 0.6 is 0 Å². The average Bonchev–Trinajstić information content (AvgIpc) is 2.47. The van der Waals surface area contributed by atoms with E-state index in [4.69, 9.17) is 4.74 Å². The van der Waals surface area contributed by atoms with Crippen molar-refractivity contribution in [1.29, 1.82) is 0 Å². The summed E-state index contributed by atoms with van der Waals surface area (Å²) in [6.07, 6.45) is -0.659. The molecule has 0 aliphatic carbocycles. The third kappa shape index (κ3) is 4.16. The second kappa shape index (κ2) is 7.04. The van der Waals surface area contributed by atoms with Gasteiger partial charge in [0.15, 0.2) is 0 Å². The monoisotopic (exact) mass is 294 g/mol. The molecule has 5 heteroatoms. The lowest BCUT2D eigenvalue weighted by Gasteiger charge is -2.16. The number of methoxy groups -OCH3 is 1. The molecule has 3 nitrogen and oxygen atoms in total. The molecule has 0 heterocycles. The van der Waals surface area contributed by atoms with Crippen LogP contribution in [0.1, 0.15) is 17.2 Å². The fourth-order valence-electron chi connectivity index (χ4n) is 2.09. The standard InChI is InChI=1S/C16H16F2O3/c1-20-12-6-4-5-11(9-12)10-14(19)13-7-2-3-8-15(13)21-16(17)18/h2-9,14,16,19H,10H2,1H3. The number of ether oxygens (including phenoxy) is 2. The molecule has 21 heavy (non-hydrogen) atoms. The van der Waals surface area contributed by atoms with Gasteiger partial charge >= 0.3 is 6.61 Å². The first-order valence-electron chi connectivity index (χ1n) is 6.45. The number of rotatable bonds is 6. The van der Waals surface area contributed by atoms with Crippen molar-refractivity contribution in [1.82, 2.24) is 0 Å². The Morgan fingerprint density at radius 2 is 1.86 bits per heavy atom. The highest BCUT2D eigenvalue weighted by atomic mass is 19.3. The topological polar surface area (TPSA) is 38.7 Å². The van der Waals surface area contributed by atoms with Crippen molar-refractivity contribution in [3.8, 4) is 11.5 Å². The number of benzene rings is 2. The van der Waals surface area contributed by atoms with Gasteiger partial charge in [-0.25, -0.2) is 0 Å². The van der Waals surface area contributed by atoms with Crippen LogP contribution in [0.3, 0.4) is 0 Å². The first kappa shape index (κ1) is 15.3. The Hall–Kier alpha value is -2.14. The van der Waals surface area contributed by atoms with E-state index in [0.717, 1.165) is 5.56 Å². The van der Waals surface area contributed by atoms with Gasteiger partial charge < -0.3 is 14.6 Å². The Morgan fingerprint density at radius 1 is 1.10 bits per heavy atom. The lowest BCUT2D eigenvalue weighted by Crippen LogP contribution is -2.08. The number of hydrogen-bond donors (Lipinski definition) is 1. The quantitative estimate of drug-likeness (QED) is 0.885. The normalized spacial score (nSPS) is 12.2. The Labute approximate surface area is 121 Å². The summed E-state index contributed by atoms with van der Waals surface area (Å²) in [6, 6.07) is 13.5. The molecule has 0 saturated carbocycles. The number of halogens is 2. The van der Waals surface area contributed by atoms with Crippen molar-refractivity contribution in [3.63, 3.8) is 0 Å². The molecule has 0 aliphatic heterocycles. The van der Waals surface area contributed by atoms with Crippen LogP contribution in [0.5, 0.6) is 11.5 Å². The van der Waals surface area contributed by atoms with Crippen LogP contribution in [0.2, 0.25) is 0 Å². The van der Waals surface area contributed by atoms with Crippen LogP contribution in [0.4, 0.5) is 8.78 Å². The van der Waals surface area contributed by atoms with Crippen molar-refractivity contribution in [3.05, 3.63) is 59.7 Å². The molecular weight excluding hydrogens is 278 g/mol. The average molecular weight is 294 g/mol. The van der Waals surface area contributed by atoms with Crippen molar-refractivity contribution in [2.45, 2.75) is 19.1 Å². The Kier molecular flexibility index (Phi) is 5.11. The number of aliphatic hydroxyl groups excluding tert-OH is 1. The highest BCUT2D eigenvalue weighted by Crippen LogP contribution is 2.29. The summed E-state index contributed by atoms with van der Waals surface area (Å²) >= 11 is 0. The van der Waals surface area contributed by atoms with Crippen LogP contribution in [0.15, 0.2) is 48.5 Å². The smallest absolute Gasteiger partial charge is 0.387 e. The van der Waals surface area contributed by atoms with Crippen LogP contribution in [-0.2, 0) is 6.42 Å². The van der Waals surface area contributed by atoms with Crippen molar-refractivity contribution in [2.75, 3.05) is 7.11 Å². The minimum absolute atomic E-state index is 0.0112. The van der Waals surface area contributed by atoms with Gasteiger partial charge in [-0.2, -0.15) is 8.78 Å². The molecule has 112 valence electrons. The molecule has 0 amide bonds. The van der Waals surface area contributed by atoms with E-state index in [1.54, 1.807) is 37.4 Å². The minimum atomic E-state index is -2.92. The molecule has 0 bridgehead atoms. The molecule has 0 aromatic heterocycles. The first-order valence-corrected chi connectivity index (χ1v) is 6.45. The first-order chi connectivity index (χ1) is 10.1. The van der Waals surface area contributed by atoms with Gasteiger partial charge in [-0.3, -0.25) is 0 Å². The largest absolute Gasteiger partial charge is 0.497 e. The molecule has 0 saturated heterocycles. The van der Waals surface area contributed by atoms with E-state index in [-0.39, 0.29) is 12.2 Å². The molecule has 1 N–H and O–H groups in total. The fourth-order valence-corrected chi connectivity index (χ4v) is 2.09. The van der Waals surface area contributed by atoms with Crippen LogP contribution in [0.25, 0.3) is 0 Å². The molecular formula is C16H16F2O3. The predicted octanol–water partition coefficient (Wildman–Crippen LogP) is 3.57. The fraction of sp³-hybridized carbons (Fsp3) is 0.250. The van der Waals surface area contributed by atoms with Gasteiger partial charge in [-0.1, -0.05) is 30.3 Å². The predicted molar refractivity (Wildman–Crippen MR) is 74.7 cm³/mol. The number of aliphatic hydroxyl groups is 1. The Bertz CT molecular complexity index is 587. The second-order valence-corrected chi connectivity index (χ2v) is 4.49. The van der Waals surface area contributed by atoms with Gasteiger partial charge in [0.25, 0.3) is 0 Å². The van der Waals surface area contributed by atoms with Gasteiger partial charge in [0.2, 0.25) is 0 Å². The van der Waals surface area contributed by atoms with Gasteiger partial charge in [0, 0.05) is 12.0 Å². The zero-order valence-corrected chi connectivity index (χ0v) is 11.5. The number of alkyl halides is 2. The van der Waals surface area contributed by atoms with Crippen LogP contribution in [0, 0.1) is 0 Å². The van der Waals surface area contributed by atoms with E-state index in [1.165, 1.54) is 6.07 Å². The van der Waals surface area contributed by atoms with E-state index < -0.39 is 12.7 Å². The van der Waals surface area contributed by atoms with Gasteiger partial charge in [0.1, 0.15) is 11.5 Å². The summed E-state index contributed by atoms with van der Waals surface area (Å²) in [5.74, 6) is 0.666. The second-order valence-electron chi connectivity index (χ2n) is 4.49. The SMILES string of the molecule is COc1cccc(CC(O)c2ccccc2OC(F)F)c1. The zero-order valence-electron chi connectivity index (χ0n) is 11.5. The minimum Gasteiger partial charge on any atom is -0.497 e. The molecule has 2 aromatic carbocycles. The molecule has 1 unspecified atom stereocenters. The number of para-hydroxylation sites is 1. The van der Waals surface area contributed by atoms with Crippen molar-refractivity contribution < 1.29 is 23.4 Å². The van der Waals surface area contributed by atoms with Crippen molar-refractivity contribution >= 4 is 0 Å². The molecule has 0 fully saturated rings. The van der Waals surface area contributed by atoms with Crippen LogP contribution < -0.4 is 9.47 Å². The van der Waals surface area contributed by atoms with Gasteiger partial charge in [-0.05, 0) is 23.8 Å².